The zero-order chi connectivity index (χ0) is 16.8. The smallest absolute Gasteiger partial charge is 0.244 e. The summed E-state index contributed by atoms with van der Waals surface area (Å²) < 4.78 is 6.65. The predicted molar refractivity (Wildman–Crippen MR) is 93.6 cm³/mol. The molecule has 0 bridgehead atoms. The van der Waals surface area contributed by atoms with Gasteiger partial charge in [-0.25, -0.2) is 0 Å². The summed E-state index contributed by atoms with van der Waals surface area (Å²) in [5.74, 6) is 0.168. The number of rotatable bonds is 4. The molecule has 0 spiro atoms. The molecule has 6 heteroatoms. The molecule has 2 N–H and O–H groups in total. The van der Waals surface area contributed by atoms with E-state index in [4.69, 9.17) is 22.1 Å². The lowest BCUT2D eigenvalue weighted by Gasteiger charge is -2.65. The normalized spacial score (nSPS) is 32.0. The van der Waals surface area contributed by atoms with Gasteiger partial charge in [-0.2, -0.15) is 0 Å². The van der Waals surface area contributed by atoms with Gasteiger partial charge in [-0.3, -0.25) is 4.79 Å². The second-order valence-corrected chi connectivity index (χ2v) is 8.96. The van der Waals surface area contributed by atoms with Crippen molar-refractivity contribution in [1.29, 1.82) is 0 Å². The Morgan fingerprint density at radius 2 is 2.26 bits per heavy atom. The molecule has 1 aliphatic carbocycles. The highest BCUT2D eigenvalue weighted by Crippen LogP contribution is 2.58. The molecular weight excluding hydrogens is 332 g/mol. The van der Waals surface area contributed by atoms with Crippen molar-refractivity contribution in [2.24, 2.45) is 17.1 Å². The molecule has 1 aliphatic heterocycles. The lowest BCUT2D eigenvalue weighted by Crippen LogP contribution is -2.82. The van der Waals surface area contributed by atoms with Crippen molar-refractivity contribution >= 4 is 28.8 Å². The Kier molecular flexibility index (Phi) is 4.51. The summed E-state index contributed by atoms with van der Waals surface area (Å²) in [4.78, 5) is 16.2. The fraction of sp³-hybridized carbons (Fsp3) is 0.706. The van der Waals surface area contributed by atoms with Crippen molar-refractivity contribution in [2.45, 2.75) is 51.8 Å². The standard InChI is InChI=1S/C17H25ClN2O2S/c1-4-20(10-11-7-8-13(18)23-11)15(21)17(19)12-6-5-9-22-14(12)16(17,2)3/h7-8,12,14H,4-6,9-10,19H2,1-3H3. The van der Waals surface area contributed by atoms with Gasteiger partial charge >= 0.3 is 0 Å². The molecule has 1 aromatic heterocycles. The third-order valence-corrected chi connectivity index (χ3v) is 6.90. The minimum atomic E-state index is -0.838. The van der Waals surface area contributed by atoms with Crippen molar-refractivity contribution in [3.8, 4) is 0 Å². The van der Waals surface area contributed by atoms with Crippen LogP contribution in [0.5, 0.6) is 0 Å². The van der Waals surface area contributed by atoms with E-state index < -0.39 is 5.54 Å². The zero-order valence-electron chi connectivity index (χ0n) is 14.0. The maximum Gasteiger partial charge on any atom is 0.244 e. The van der Waals surface area contributed by atoms with Crippen LogP contribution in [0.2, 0.25) is 4.34 Å². The van der Waals surface area contributed by atoms with Gasteiger partial charge in [0.2, 0.25) is 5.91 Å². The minimum Gasteiger partial charge on any atom is -0.377 e. The van der Waals surface area contributed by atoms with E-state index in [1.165, 1.54) is 11.3 Å². The van der Waals surface area contributed by atoms with Crippen LogP contribution in [-0.4, -0.2) is 35.6 Å². The third-order valence-electron chi connectivity index (χ3n) is 5.68. The molecule has 2 heterocycles. The maximum absolute atomic E-state index is 13.3. The van der Waals surface area contributed by atoms with Gasteiger partial charge in [0.1, 0.15) is 5.54 Å². The van der Waals surface area contributed by atoms with E-state index >= 15 is 0 Å². The number of nitrogens with two attached hydrogens (primary N) is 1. The average molecular weight is 357 g/mol. The van der Waals surface area contributed by atoms with E-state index in [1.807, 2.05) is 24.0 Å². The number of hydrogen-bond donors (Lipinski definition) is 1. The van der Waals surface area contributed by atoms with Gasteiger partial charge in [-0.15, -0.1) is 11.3 Å². The number of hydrogen-bond acceptors (Lipinski definition) is 4. The highest BCUT2D eigenvalue weighted by atomic mass is 35.5. The Morgan fingerprint density at radius 1 is 1.52 bits per heavy atom. The van der Waals surface area contributed by atoms with Gasteiger partial charge in [-0.05, 0) is 31.9 Å². The van der Waals surface area contributed by atoms with Crippen molar-refractivity contribution in [1.82, 2.24) is 4.90 Å². The van der Waals surface area contributed by atoms with E-state index in [-0.39, 0.29) is 23.3 Å². The van der Waals surface area contributed by atoms with Crippen LogP contribution in [0.15, 0.2) is 12.1 Å². The fourth-order valence-electron chi connectivity index (χ4n) is 4.22. The first-order valence-corrected chi connectivity index (χ1v) is 9.46. The van der Waals surface area contributed by atoms with E-state index in [0.29, 0.717) is 13.1 Å². The summed E-state index contributed by atoms with van der Waals surface area (Å²) in [5.41, 5.74) is 5.54. The first-order valence-electron chi connectivity index (χ1n) is 8.26. The van der Waals surface area contributed by atoms with Gasteiger partial charge in [0.05, 0.1) is 17.0 Å². The Morgan fingerprint density at radius 3 is 2.87 bits per heavy atom. The molecule has 3 rings (SSSR count). The lowest BCUT2D eigenvalue weighted by atomic mass is 9.46. The summed E-state index contributed by atoms with van der Waals surface area (Å²) in [6.07, 6.45) is 2.05. The third kappa shape index (κ3) is 2.53. The van der Waals surface area contributed by atoms with Crippen LogP contribution in [-0.2, 0) is 16.1 Å². The number of nitrogens with zero attached hydrogens (tertiary/aromatic N) is 1. The van der Waals surface area contributed by atoms with E-state index in [9.17, 15) is 4.79 Å². The number of carbonyl (C=O) groups excluding carboxylic acids is 1. The topological polar surface area (TPSA) is 55.6 Å². The number of fused-ring (bicyclic) bond motifs is 1. The second-order valence-electron chi connectivity index (χ2n) is 7.16. The molecule has 3 unspecified atom stereocenters. The van der Waals surface area contributed by atoms with Crippen molar-refractivity contribution in [2.75, 3.05) is 13.2 Å². The SMILES string of the molecule is CCN(Cc1ccc(Cl)s1)C(=O)C1(N)C2CCCOC2C1(C)C. The molecule has 2 fully saturated rings. The molecule has 0 aromatic carbocycles. The Hall–Kier alpha value is -0.620. The number of amides is 1. The predicted octanol–water partition coefficient (Wildman–Crippen LogP) is 3.28. The van der Waals surface area contributed by atoms with Gasteiger partial charge in [0, 0.05) is 29.4 Å². The molecule has 1 amide bonds. The maximum atomic E-state index is 13.3. The van der Waals surface area contributed by atoms with Crippen LogP contribution in [0.25, 0.3) is 0 Å². The monoisotopic (exact) mass is 356 g/mol. The quantitative estimate of drug-likeness (QED) is 0.900. The van der Waals surface area contributed by atoms with Gasteiger partial charge < -0.3 is 15.4 Å². The molecule has 2 aliphatic rings. The summed E-state index contributed by atoms with van der Waals surface area (Å²) in [5, 5.41) is 0. The van der Waals surface area contributed by atoms with Crippen molar-refractivity contribution in [3.05, 3.63) is 21.3 Å². The summed E-state index contributed by atoms with van der Waals surface area (Å²) in [6.45, 7) is 8.11. The molecule has 1 saturated heterocycles. The molecule has 3 atom stereocenters. The van der Waals surface area contributed by atoms with Crippen LogP contribution >= 0.6 is 22.9 Å². The largest absolute Gasteiger partial charge is 0.377 e. The second kappa shape index (κ2) is 6.03. The van der Waals surface area contributed by atoms with Gasteiger partial charge in [-0.1, -0.05) is 25.4 Å². The minimum absolute atomic E-state index is 0.0428. The Balaban J connectivity index is 1.82. The molecule has 4 nitrogen and oxygen atoms in total. The molecule has 23 heavy (non-hydrogen) atoms. The van der Waals surface area contributed by atoms with Crippen LogP contribution in [0, 0.1) is 11.3 Å². The number of thiophene rings is 1. The van der Waals surface area contributed by atoms with E-state index in [1.54, 1.807) is 0 Å². The molecule has 0 radical (unpaired) electrons. The lowest BCUT2D eigenvalue weighted by molar-refractivity contribution is -0.230. The number of halogens is 1. The summed E-state index contributed by atoms with van der Waals surface area (Å²) >= 11 is 7.52. The van der Waals surface area contributed by atoms with Crippen molar-refractivity contribution in [3.63, 3.8) is 0 Å². The number of likely N-dealkylation sites (N-methyl/N-ethyl adjacent to an activating group) is 1. The highest BCUT2D eigenvalue weighted by Gasteiger charge is 2.70. The average Bonchev–Trinajstić information content (AvgIpc) is 2.96. The summed E-state index contributed by atoms with van der Waals surface area (Å²) in [6, 6.07) is 3.85. The first kappa shape index (κ1) is 17.2. The molecule has 128 valence electrons. The van der Waals surface area contributed by atoms with Crippen LogP contribution in [0.4, 0.5) is 0 Å². The Labute approximate surface area is 146 Å². The first-order chi connectivity index (χ1) is 10.8. The zero-order valence-corrected chi connectivity index (χ0v) is 15.5. The van der Waals surface area contributed by atoms with E-state index in [0.717, 1.165) is 28.7 Å². The molecule has 1 aromatic rings. The highest BCUT2D eigenvalue weighted by molar-refractivity contribution is 7.16. The van der Waals surface area contributed by atoms with Gasteiger partial charge in [0.25, 0.3) is 0 Å². The molecular formula is C17H25ClN2O2S. The van der Waals surface area contributed by atoms with Crippen LogP contribution in [0.3, 0.4) is 0 Å². The van der Waals surface area contributed by atoms with Crippen molar-refractivity contribution < 1.29 is 9.53 Å². The Bertz CT molecular complexity index is 603. The van der Waals surface area contributed by atoms with Gasteiger partial charge in [0.15, 0.2) is 0 Å². The van der Waals surface area contributed by atoms with Crippen LogP contribution in [0.1, 0.15) is 38.5 Å². The number of carbonyl (C=O) groups is 1. The fourth-order valence-corrected chi connectivity index (χ4v) is 5.33. The van der Waals surface area contributed by atoms with Crippen LogP contribution < -0.4 is 5.73 Å². The molecule has 1 saturated carbocycles. The van der Waals surface area contributed by atoms with E-state index in [2.05, 4.69) is 13.8 Å². The summed E-state index contributed by atoms with van der Waals surface area (Å²) in [7, 11) is 0. The number of ether oxygens (including phenoxy) is 1.